The number of aromatic nitrogens is 3. The monoisotopic (exact) mass is 669 g/mol. The van der Waals surface area contributed by atoms with Gasteiger partial charge in [-0.3, -0.25) is 24.5 Å². The maximum atomic E-state index is 15.3. The summed E-state index contributed by atoms with van der Waals surface area (Å²) in [5, 5.41) is 6.27. The first-order chi connectivity index (χ1) is 24.5. The SMILES string of the molecule is O=C(NC1CCN(c2ccc(CN3CCC(NC(=O)c4cccc(-c5ccccn5)c4F)CC3)cn2)CC1)c1cccc(-c2cccnc2)c1. The summed E-state index contributed by atoms with van der Waals surface area (Å²) in [4.78, 5) is 43.9. The molecule has 5 heterocycles. The molecule has 9 nitrogen and oxygen atoms in total. The maximum Gasteiger partial charge on any atom is 0.254 e. The van der Waals surface area contributed by atoms with E-state index in [2.05, 4.69) is 42.5 Å². The Labute approximate surface area is 291 Å². The molecule has 2 fully saturated rings. The van der Waals surface area contributed by atoms with E-state index in [4.69, 9.17) is 4.98 Å². The van der Waals surface area contributed by atoms with E-state index in [0.717, 1.165) is 80.9 Å². The fraction of sp³-hybridized carbons (Fsp3) is 0.275. The quantitative estimate of drug-likeness (QED) is 0.195. The van der Waals surface area contributed by atoms with E-state index < -0.39 is 11.7 Å². The van der Waals surface area contributed by atoms with Crippen molar-refractivity contribution in [2.45, 2.75) is 44.3 Å². The molecule has 0 spiro atoms. The van der Waals surface area contributed by atoms with Crippen LogP contribution < -0.4 is 15.5 Å². The number of halogens is 1. The van der Waals surface area contributed by atoms with E-state index >= 15 is 4.39 Å². The summed E-state index contributed by atoms with van der Waals surface area (Å²) >= 11 is 0. The van der Waals surface area contributed by atoms with Crippen LogP contribution in [-0.4, -0.2) is 69.9 Å². The van der Waals surface area contributed by atoms with Crippen LogP contribution in [0.5, 0.6) is 0 Å². The van der Waals surface area contributed by atoms with Crippen molar-refractivity contribution in [2.75, 3.05) is 31.1 Å². The largest absolute Gasteiger partial charge is 0.356 e. The Morgan fingerprint density at radius 2 is 1.48 bits per heavy atom. The second kappa shape index (κ2) is 15.4. The van der Waals surface area contributed by atoms with Crippen molar-refractivity contribution < 1.29 is 14.0 Å². The first-order valence-electron chi connectivity index (χ1n) is 17.2. The van der Waals surface area contributed by atoms with Gasteiger partial charge in [-0.15, -0.1) is 0 Å². The molecule has 0 radical (unpaired) electrons. The van der Waals surface area contributed by atoms with Crippen molar-refractivity contribution in [2.24, 2.45) is 0 Å². The molecule has 0 saturated carbocycles. The molecular formula is C40H40FN7O2. The van der Waals surface area contributed by atoms with Crippen molar-refractivity contribution in [1.82, 2.24) is 30.5 Å². The van der Waals surface area contributed by atoms with Gasteiger partial charge in [-0.25, -0.2) is 9.37 Å². The smallest absolute Gasteiger partial charge is 0.254 e. The second-order valence-corrected chi connectivity index (χ2v) is 13.0. The first kappa shape index (κ1) is 33.0. The van der Waals surface area contributed by atoms with Crippen molar-refractivity contribution >= 4 is 17.6 Å². The van der Waals surface area contributed by atoms with Gasteiger partial charge in [-0.2, -0.15) is 0 Å². The summed E-state index contributed by atoms with van der Waals surface area (Å²) in [5.41, 5.74) is 4.61. The van der Waals surface area contributed by atoms with Crippen molar-refractivity contribution in [1.29, 1.82) is 0 Å². The number of hydrogen-bond donors (Lipinski definition) is 2. The van der Waals surface area contributed by atoms with Gasteiger partial charge in [0.15, 0.2) is 0 Å². The van der Waals surface area contributed by atoms with Crippen LogP contribution in [-0.2, 0) is 6.54 Å². The van der Waals surface area contributed by atoms with E-state index in [9.17, 15) is 9.59 Å². The van der Waals surface area contributed by atoms with Crippen LogP contribution in [0.2, 0.25) is 0 Å². The highest BCUT2D eigenvalue weighted by atomic mass is 19.1. The van der Waals surface area contributed by atoms with Gasteiger partial charge >= 0.3 is 0 Å². The molecule has 0 atom stereocenters. The average Bonchev–Trinajstić information content (AvgIpc) is 3.17. The molecular weight excluding hydrogens is 629 g/mol. The lowest BCUT2D eigenvalue weighted by atomic mass is 10.0. The van der Waals surface area contributed by atoms with Gasteiger partial charge in [0, 0.05) is 86.3 Å². The lowest BCUT2D eigenvalue weighted by Gasteiger charge is -2.34. The van der Waals surface area contributed by atoms with Gasteiger partial charge in [-0.1, -0.05) is 36.4 Å². The number of likely N-dealkylation sites (tertiary alicyclic amines) is 1. The van der Waals surface area contributed by atoms with Gasteiger partial charge < -0.3 is 15.5 Å². The summed E-state index contributed by atoms with van der Waals surface area (Å²) in [6.45, 7) is 4.09. The van der Waals surface area contributed by atoms with Crippen LogP contribution in [0, 0.1) is 5.82 Å². The van der Waals surface area contributed by atoms with Crippen LogP contribution in [0.25, 0.3) is 22.4 Å². The number of carbonyl (C=O) groups excluding carboxylic acids is 2. The fourth-order valence-corrected chi connectivity index (χ4v) is 6.78. The third-order valence-electron chi connectivity index (χ3n) is 9.60. The zero-order valence-electron chi connectivity index (χ0n) is 27.8. The lowest BCUT2D eigenvalue weighted by Crippen LogP contribution is -2.45. The number of rotatable bonds is 9. The Hall–Kier alpha value is -5.48. The van der Waals surface area contributed by atoms with Crippen molar-refractivity contribution in [3.63, 3.8) is 0 Å². The molecule has 0 unspecified atom stereocenters. The summed E-state index contributed by atoms with van der Waals surface area (Å²) in [6, 6.07) is 26.0. The molecule has 7 rings (SSSR count). The molecule has 2 amide bonds. The number of hydrogen-bond acceptors (Lipinski definition) is 7. The van der Waals surface area contributed by atoms with E-state index in [-0.39, 0.29) is 23.6 Å². The number of amides is 2. The Morgan fingerprint density at radius 1 is 0.720 bits per heavy atom. The van der Waals surface area contributed by atoms with Crippen LogP contribution >= 0.6 is 0 Å². The topological polar surface area (TPSA) is 103 Å². The molecule has 3 aromatic heterocycles. The van der Waals surface area contributed by atoms with E-state index in [1.807, 2.05) is 42.6 Å². The van der Waals surface area contributed by atoms with Gasteiger partial charge in [0.05, 0.1) is 11.3 Å². The Morgan fingerprint density at radius 3 is 2.20 bits per heavy atom. The molecule has 2 aliphatic heterocycles. The number of nitrogens with zero attached hydrogens (tertiary/aromatic N) is 5. The zero-order chi connectivity index (χ0) is 34.3. The minimum atomic E-state index is -0.549. The lowest BCUT2D eigenvalue weighted by molar-refractivity contribution is 0.0902. The molecule has 5 aromatic rings. The number of benzene rings is 2. The van der Waals surface area contributed by atoms with Crippen molar-refractivity contribution in [3.05, 3.63) is 132 Å². The second-order valence-electron chi connectivity index (χ2n) is 13.0. The van der Waals surface area contributed by atoms with Crippen molar-refractivity contribution in [3.8, 4) is 22.4 Å². The number of piperidine rings is 2. The summed E-state index contributed by atoms with van der Waals surface area (Å²) in [7, 11) is 0. The molecule has 0 bridgehead atoms. The molecule has 0 aliphatic carbocycles. The predicted octanol–water partition coefficient (Wildman–Crippen LogP) is 6.14. The molecule has 2 saturated heterocycles. The number of nitrogens with one attached hydrogen (secondary N) is 2. The Bertz CT molecular complexity index is 1910. The number of pyridine rings is 3. The Balaban J connectivity index is 0.851. The fourth-order valence-electron chi connectivity index (χ4n) is 6.78. The minimum Gasteiger partial charge on any atom is -0.356 e. The molecule has 2 aliphatic rings. The van der Waals surface area contributed by atoms with Gasteiger partial charge in [0.1, 0.15) is 11.6 Å². The standard InChI is InChI=1S/C40H40FN7O2/c41-38-34(36-11-1-2-19-43-36)9-4-10-35(38)40(50)46-32-14-20-47(21-15-32)27-28-12-13-37(44-25-28)48-22-16-33(17-23-48)45-39(49)30-7-3-6-29(24-30)31-8-5-18-42-26-31/h1-13,18-19,24-26,32-33H,14-17,20-23,27H2,(H,45,49)(H,46,50). The summed E-state index contributed by atoms with van der Waals surface area (Å²) < 4.78 is 15.3. The van der Waals surface area contributed by atoms with Gasteiger partial charge in [-0.05, 0) is 85.3 Å². The number of anilines is 1. The van der Waals surface area contributed by atoms with E-state index in [0.29, 0.717) is 16.8 Å². The normalized spacial score (nSPS) is 15.8. The highest BCUT2D eigenvalue weighted by Crippen LogP contribution is 2.25. The molecule has 254 valence electrons. The molecule has 50 heavy (non-hydrogen) atoms. The zero-order valence-corrected chi connectivity index (χ0v) is 27.8. The summed E-state index contributed by atoms with van der Waals surface area (Å²) in [5.74, 6) is -0.0456. The third-order valence-corrected chi connectivity index (χ3v) is 9.60. The van der Waals surface area contributed by atoms with Crippen LogP contribution in [0.15, 0.2) is 110 Å². The molecule has 2 N–H and O–H groups in total. The first-order valence-corrected chi connectivity index (χ1v) is 17.2. The minimum absolute atomic E-state index is 0.0122. The van der Waals surface area contributed by atoms with Gasteiger partial charge in [0.25, 0.3) is 11.8 Å². The van der Waals surface area contributed by atoms with Crippen LogP contribution in [0.3, 0.4) is 0 Å². The summed E-state index contributed by atoms with van der Waals surface area (Å²) in [6.07, 6.45) is 10.4. The van der Waals surface area contributed by atoms with Gasteiger partial charge in [0.2, 0.25) is 0 Å². The molecule has 2 aromatic carbocycles. The molecule has 10 heteroatoms. The highest BCUT2D eigenvalue weighted by Gasteiger charge is 2.25. The average molecular weight is 670 g/mol. The number of carbonyl (C=O) groups is 2. The highest BCUT2D eigenvalue weighted by molar-refractivity contribution is 5.96. The Kier molecular flexibility index (Phi) is 10.2. The third kappa shape index (κ3) is 7.87. The van der Waals surface area contributed by atoms with E-state index in [1.54, 1.807) is 48.9 Å². The van der Waals surface area contributed by atoms with Crippen LogP contribution in [0.4, 0.5) is 10.2 Å². The maximum absolute atomic E-state index is 15.3. The van der Waals surface area contributed by atoms with Crippen LogP contribution in [0.1, 0.15) is 52.0 Å². The van der Waals surface area contributed by atoms with E-state index in [1.165, 1.54) is 6.07 Å². The predicted molar refractivity (Wildman–Crippen MR) is 192 cm³/mol.